The van der Waals surface area contributed by atoms with E-state index in [4.69, 9.17) is 5.73 Å². The van der Waals surface area contributed by atoms with Gasteiger partial charge in [0, 0.05) is 23.9 Å². The van der Waals surface area contributed by atoms with Gasteiger partial charge in [0.2, 0.25) is 0 Å². The maximum absolute atomic E-state index is 6.09. The van der Waals surface area contributed by atoms with Gasteiger partial charge < -0.3 is 5.73 Å². The zero-order valence-electron chi connectivity index (χ0n) is 11.5. The van der Waals surface area contributed by atoms with E-state index in [1.54, 1.807) is 4.68 Å². The summed E-state index contributed by atoms with van der Waals surface area (Å²) in [7, 11) is 1.89. The number of rotatable bonds is 2. The van der Waals surface area contributed by atoms with Crippen LogP contribution in [0.25, 0.3) is 22.8 Å². The molecule has 0 atom stereocenters. The Morgan fingerprint density at radius 2 is 1.75 bits per heavy atom. The fourth-order valence-electron chi connectivity index (χ4n) is 2.31. The van der Waals surface area contributed by atoms with Gasteiger partial charge in [0.1, 0.15) is 0 Å². The van der Waals surface area contributed by atoms with Crippen LogP contribution in [0, 0.1) is 6.92 Å². The van der Waals surface area contributed by atoms with Crippen molar-refractivity contribution < 1.29 is 0 Å². The molecule has 4 nitrogen and oxygen atoms in total. The number of hydrogen-bond acceptors (Lipinski definition) is 3. The summed E-state index contributed by atoms with van der Waals surface area (Å²) in [6.07, 6.45) is 0. The predicted octanol–water partition coefficient (Wildman–Crippen LogP) is 3.04. The molecule has 0 radical (unpaired) electrons. The Bertz CT molecular complexity index is 724. The van der Waals surface area contributed by atoms with E-state index in [1.165, 1.54) is 0 Å². The molecule has 0 aliphatic heterocycles. The average Bonchev–Trinajstić information content (AvgIpc) is 2.82. The molecule has 0 aliphatic carbocycles. The number of anilines is 1. The maximum Gasteiger partial charge on any atom is 0.181 e. The van der Waals surface area contributed by atoms with Crippen LogP contribution in [0.1, 0.15) is 5.56 Å². The number of benzene rings is 2. The van der Waals surface area contributed by atoms with Crippen LogP contribution in [0.4, 0.5) is 5.69 Å². The minimum Gasteiger partial charge on any atom is -0.398 e. The Morgan fingerprint density at radius 3 is 2.45 bits per heavy atom. The Hall–Kier alpha value is -2.62. The van der Waals surface area contributed by atoms with Crippen molar-refractivity contribution in [1.29, 1.82) is 0 Å². The normalized spacial score (nSPS) is 10.7. The van der Waals surface area contributed by atoms with Crippen LogP contribution in [0.3, 0.4) is 0 Å². The van der Waals surface area contributed by atoms with Gasteiger partial charge in [-0.05, 0) is 18.6 Å². The van der Waals surface area contributed by atoms with Gasteiger partial charge in [-0.3, -0.25) is 0 Å². The fraction of sp³-hybridized carbons (Fsp3) is 0.125. The minimum absolute atomic E-state index is 0.714. The second-order valence-electron chi connectivity index (χ2n) is 4.79. The molecular formula is C16H16N4. The van der Waals surface area contributed by atoms with Crippen molar-refractivity contribution in [3.8, 4) is 22.8 Å². The second-order valence-corrected chi connectivity index (χ2v) is 4.79. The summed E-state index contributed by atoms with van der Waals surface area (Å²) in [5.74, 6) is 1.50. The molecule has 0 aliphatic rings. The minimum atomic E-state index is 0.714. The number of nitrogens with zero attached hydrogens (tertiary/aromatic N) is 3. The third-order valence-corrected chi connectivity index (χ3v) is 3.32. The number of nitrogen functional groups attached to an aromatic ring is 1. The monoisotopic (exact) mass is 264 g/mol. The van der Waals surface area contributed by atoms with E-state index < -0.39 is 0 Å². The van der Waals surface area contributed by atoms with Gasteiger partial charge in [-0.1, -0.05) is 42.5 Å². The standard InChI is InChI=1S/C16H16N4/c1-11-7-6-10-13(17)14(11)16-18-15(19-20(16)2)12-8-4-3-5-9-12/h3-10H,17H2,1-2H3. The van der Waals surface area contributed by atoms with E-state index in [-0.39, 0.29) is 0 Å². The van der Waals surface area contributed by atoms with E-state index in [0.717, 1.165) is 28.2 Å². The molecule has 100 valence electrons. The number of hydrogen-bond donors (Lipinski definition) is 1. The number of aryl methyl sites for hydroxylation is 2. The first-order valence-corrected chi connectivity index (χ1v) is 6.49. The van der Waals surface area contributed by atoms with Crippen LogP contribution in [0.15, 0.2) is 48.5 Å². The molecule has 1 aromatic heterocycles. The van der Waals surface area contributed by atoms with E-state index in [0.29, 0.717) is 5.82 Å². The maximum atomic E-state index is 6.09. The topological polar surface area (TPSA) is 56.7 Å². The third-order valence-electron chi connectivity index (χ3n) is 3.32. The molecule has 20 heavy (non-hydrogen) atoms. The molecule has 2 N–H and O–H groups in total. The van der Waals surface area contributed by atoms with Crippen molar-refractivity contribution in [2.75, 3.05) is 5.73 Å². The Labute approximate surface area is 117 Å². The van der Waals surface area contributed by atoms with Gasteiger partial charge >= 0.3 is 0 Å². The van der Waals surface area contributed by atoms with Gasteiger partial charge in [0.25, 0.3) is 0 Å². The molecule has 0 spiro atoms. The van der Waals surface area contributed by atoms with Crippen molar-refractivity contribution in [2.24, 2.45) is 7.05 Å². The van der Waals surface area contributed by atoms with Gasteiger partial charge in [0.05, 0.1) is 0 Å². The first kappa shape index (κ1) is 12.4. The van der Waals surface area contributed by atoms with Crippen LogP contribution in [-0.2, 0) is 7.05 Å². The van der Waals surface area contributed by atoms with Gasteiger partial charge in [-0.2, -0.15) is 5.10 Å². The van der Waals surface area contributed by atoms with Crippen LogP contribution in [0.2, 0.25) is 0 Å². The molecule has 0 fully saturated rings. The summed E-state index contributed by atoms with van der Waals surface area (Å²) in [5, 5.41) is 4.49. The predicted molar refractivity (Wildman–Crippen MR) is 81.0 cm³/mol. The van der Waals surface area contributed by atoms with Gasteiger partial charge in [-0.25, -0.2) is 9.67 Å². The lowest BCUT2D eigenvalue weighted by Crippen LogP contribution is -1.99. The molecule has 0 saturated heterocycles. The lowest BCUT2D eigenvalue weighted by molar-refractivity contribution is 0.777. The molecule has 0 bridgehead atoms. The number of nitrogens with two attached hydrogens (primary N) is 1. The molecule has 0 amide bonds. The highest BCUT2D eigenvalue weighted by Gasteiger charge is 2.14. The van der Waals surface area contributed by atoms with E-state index >= 15 is 0 Å². The van der Waals surface area contributed by atoms with Crippen LogP contribution < -0.4 is 5.73 Å². The van der Waals surface area contributed by atoms with Gasteiger partial charge in [0.15, 0.2) is 11.6 Å². The van der Waals surface area contributed by atoms with E-state index in [1.807, 2.05) is 62.5 Å². The lowest BCUT2D eigenvalue weighted by atomic mass is 10.1. The van der Waals surface area contributed by atoms with Crippen molar-refractivity contribution in [1.82, 2.24) is 14.8 Å². The summed E-state index contributed by atoms with van der Waals surface area (Å²) < 4.78 is 1.78. The Balaban J connectivity index is 2.15. The summed E-state index contributed by atoms with van der Waals surface area (Å²) in [4.78, 5) is 4.64. The summed E-state index contributed by atoms with van der Waals surface area (Å²) >= 11 is 0. The van der Waals surface area contributed by atoms with Crippen molar-refractivity contribution in [3.63, 3.8) is 0 Å². The molecule has 2 aromatic carbocycles. The summed E-state index contributed by atoms with van der Waals surface area (Å²) in [6, 6.07) is 15.8. The largest absolute Gasteiger partial charge is 0.398 e. The van der Waals surface area contributed by atoms with Gasteiger partial charge in [-0.15, -0.1) is 0 Å². The van der Waals surface area contributed by atoms with E-state index in [9.17, 15) is 0 Å². The zero-order valence-corrected chi connectivity index (χ0v) is 11.5. The molecule has 0 saturated carbocycles. The highest BCUT2D eigenvalue weighted by molar-refractivity contribution is 5.76. The first-order valence-electron chi connectivity index (χ1n) is 6.49. The second kappa shape index (κ2) is 4.81. The van der Waals surface area contributed by atoms with Crippen LogP contribution in [0.5, 0.6) is 0 Å². The fourth-order valence-corrected chi connectivity index (χ4v) is 2.31. The molecule has 3 aromatic rings. The zero-order chi connectivity index (χ0) is 14.1. The summed E-state index contributed by atoms with van der Waals surface area (Å²) in [5.41, 5.74) is 9.86. The summed E-state index contributed by atoms with van der Waals surface area (Å²) in [6.45, 7) is 2.03. The Morgan fingerprint density at radius 1 is 1.00 bits per heavy atom. The lowest BCUT2D eigenvalue weighted by Gasteiger charge is -2.07. The smallest absolute Gasteiger partial charge is 0.181 e. The molecule has 0 unspecified atom stereocenters. The van der Waals surface area contributed by atoms with Crippen molar-refractivity contribution in [2.45, 2.75) is 6.92 Å². The SMILES string of the molecule is Cc1cccc(N)c1-c1nc(-c2ccccc2)nn1C. The highest BCUT2D eigenvalue weighted by Crippen LogP contribution is 2.29. The molecule has 3 rings (SSSR count). The average molecular weight is 264 g/mol. The quantitative estimate of drug-likeness (QED) is 0.724. The van der Waals surface area contributed by atoms with E-state index in [2.05, 4.69) is 10.1 Å². The third kappa shape index (κ3) is 2.05. The number of aromatic nitrogens is 3. The molecular weight excluding hydrogens is 248 g/mol. The van der Waals surface area contributed by atoms with Crippen molar-refractivity contribution in [3.05, 3.63) is 54.1 Å². The van der Waals surface area contributed by atoms with Crippen molar-refractivity contribution >= 4 is 5.69 Å². The highest BCUT2D eigenvalue weighted by atomic mass is 15.3. The first-order chi connectivity index (χ1) is 9.66. The molecule has 4 heteroatoms. The van der Waals surface area contributed by atoms with Crippen LogP contribution >= 0.6 is 0 Å². The molecule has 1 heterocycles. The van der Waals surface area contributed by atoms with Crippen LogP contribution in [-0.4, -0.2) is 14.8 Å². The Kier molecular flexibility index (Phi) is 2.99.